The Bertz CT molecular complexity index is 1540. The van der Waals surface area contributed by atoms with Crippen molar-refractivity contribution < 1.29 is 18.0 Å². The maximum Gasteiger partial charge on any atom is 0.319 e. The number of likely N-dealkylation sites (tertiary alicyclic amines) is 2. The highest BCUT2D eigenvalue weighted by molar-refractivity contribution is 7.90. The van der Waals surface area contributed by atoms with Crippen LogP contribution in [-0.4, -0.2) is 62.6 Å². The number of hydrogen-bond acceptors (Lipinski definition) is 5. The topological polar surface area (TPSA) is 98.8 Å². The molecule has 2 heterocycles. The lowest BCUT2D eigenvalue weighted by Crippen LogP contribution is -2.45. The molecule has 0 aliphatic carbocycles. The van der Waals surface area contributed by atoms with Gasteiger partial charge in [-0.05, 0) is 87.0 Å². The van der Waals surface area contributed by atoms with Crippen LogP contribution >= 0.6 is 12.4 Å². The number of rotatable bonds is 9. The molecule has 2 aliphatic rings. The van der Waals surface area contributed by atoms with E-state index in [9.17, 15) is 18.0 Å². The van der Waals surface area contributed by atoms with Gasteiger partial charge in [0, 0.05) is 31.6 Å². The van der Waals surface area contributed by atoms with Crippen molar-refractivity contribution in [2.75, 3.05) is 37.8 Å². The number of benzene rings is 3. The highest BCUT2D eigenvalue weighted by Gasteiger charge is 2.47. The van der Waals surface area contributed by atoms with Crippen molar-refractivity contribution in [3.8, 4) is 0 Å². The fourth-order valence-electron chi connectivity index (χ4n) is 6.41. The first-order chi connectivity index (χ1) is 20.5. The quantitative estimate of drug-likeness (QED) is 0.304. The molecule has 8 nitrogen and oxygen atoms in total. The lowest BCUT2D eigenvalue weighted by Gasteiger charge is -2.38. The van der Waals surface area contributed by atoms with Gasteiger partial charge in [0.05, 0.1) is 16.4 Å². The summed E-state index contributed by atoms with van der Waals surface area (Å²) >= 11 is 0. The molecule has 0 saturated carbocycles. The SMILES string of the molecule is Cc1cccc(C)c1NC(=O)NC(CCN1CCC2(CC1)CCN(Cc1ccc(S(C)(=O)=O)cc1)C2=O)c1ccccc1.Cl. The molecule has 0 aromatic heterocycles. The Kier molecular flexibility index (Phi) is 10.8. The van der Waals surface area contributed by atoms with E-state index < -0.39 is 9.84 Å². The third-order valence-electron chi connectivity index (χ3n) is 9.10. The van der Waals surface area contributed by atoms with Crippen LogP contribution in [0.15, 0.2) is 77.7 Å². The maximum absolute atomic E-state index is 13.5. The molecule has 44 heavy (non-hydrogen) atoms. The zero-order valence-corrected chi connectivity index (χ0v) is 27.3. The zero-order chi connectivity index (χ0) is 30.6. The molecule has 1 spiro atoms. The van der Waals surface area contributed by atoms with E-state index in [2.05, 4.69) is 27.7 Å². The highest BCUT2D eigenvalue weighted by Crippen LogP contribution is 2.42. The van der Waals surface area contributed by atoms with E-state index in [4.69, 9.17) is 0 Å². The number of halogens is 1. The number of carbonyl (C=O) groups is 2. The van der Waals surface area contributed by atoms with Crippen LogP contribution in [0.4, 0.5) is 10.5 Å². The second-order valence-corrected chi connectivity index (χ2v) is 14.1. The molecule has 236 valence electrons. The summed E-state index contributed by atoms with van der Waals surface area (Å²) in [7, 11) is -3.24. The van der Waals surface area contributed by atoms with Crippen molar-refractivity contribution >= 4 is 39.9 Å². The maximum atomic E-state index is 13.5. The molecular formula is C34H43ClN4O4S. The molecule has 3 aromatic rings. The third kappa shape index (κ3) is 7.81. The normalized spacial score (nSPS) is 17.2. The Balaban J connectivity index is 0.00000442. The number of piperidine rings is 1. The second kappa shape index (κ2) is 14.1. The number of sulfone groups is 1. The number of aryl methyl sites for hydroxylation is 2. The smallest absolute Gasteiger partial charge is 0.319 e. The lowest BCUT2D eigenvalue weighted by molar-refractivity contribution is -0.138. The molecule has 2 aliphatic heterocycles. The van der Waals surface area contributed by atoms with Crippen molar-refractivity contribution in [3.63, 3.8) is 0 Å². The summed E-state index contributed by atoms with van der Waals surface area (Å²) in [6.07, 6.45) is 4.47. The van der Waals surface area contributed by atoms with E-state index in [1.807, 2.05) is 55.1 Å². The average molecular weight is 639 g/mol. The summed E-state index contributed by atoms with van der Waals surface area (Å²) in [5.41, 5.74) is 4.59. The van der Waals surface area contributed by atoms with Crippen LogP contribution in [0.1, 0.15) is 54.0 Å². The number of amides is 3. The van der Waals surface area contributed by atoms with Gasteiger partial charge < -0.3 is 20.4 Å². The van der Waals surface area contributed by atoms with Crippen LogP contribution in [0.3, 0.4) is 0 Å². The van der Waals surface area contributed by atoms with Crippen molar-refractivity contribution in [2.45, 2.75) is 57.0 Å². The summed E-state index contributed by atoms with van der Waals surface area (Å²) in [6.45, 7) is 7.73. The summed E-state index contributed by atoms with van der Waals surface area (Å²) in [6, 6.07) is 22.5. The second-order valence-electron chi connectivity index (χ2n) is 12.1. The predicted octanol–water partition coefficient (Wildman–Crippen LogP) is 5.90. The minimum atomic E-state index is -3.24. The van der Waals surface area contributed by atoms with Crippen molar-refractivity contribution in [1.82, 2.24) is 15.1 Å². The van der Waals surface area contributed by atoms with Gasteiger partial charge >= 0.3 is 6.03 Å². The minimum absolute atomic E-state index is 0. The Morgan fingerprint density at radius 3 is 2.11 bits per heavy atom. The summed E-state index contributed by atoms with van der Waals surface area (Å²) in [5.74, 6) is 0.214. The number of hydrogen-bond donors (Lipinski definition) is 2. The Hall–Kier alpha value is -3.40. The number of nitrogens with zero attached hydrogens (tertiary/aromatic N) is 2. The van der Waals surface area contributed by atoms with E-state index >= 15 is 0 Å². The highest BCUT2D eigenvalue weighted by atomic mass is 35.5. The molecule has 2 saturated heterocycles. The van der Waals surface area contributed by atoms with Crippen LogP contribution in [0, 0.1) is 19.3 Å². The molecule has 0 radical (unpaired) electrons. The summed E-state index contributed by atoms with van der Waals surface area (Å²) in [4.78, 5) is 31.2. The van der Waals surface area contributed by atoms with Crippen molar-refractivity contribution in [2.24, 2.45) is 5.41 Å². The fraction of sp³-hybridized carbons (Fsp3) is 0.412. The number of nitrogens with one attached hydrogen (secondary N) is 2. The Morgan fingerprint density at radius 1 is 0.886 bits per heavy atom. The lowest BCUT2D eigenvalue weighted by atomic mass is 9.77. The van der Waals surface area contributed by atoms with Crippen LogP contribution in [-0.2, 0) is 21.2 Å². The first-order valence-electron chi connectivity index (χ1n) is 15.0. The molecule has 3 amide bonds. The third-order valence-corrected chi connectivity index (χ3v) is 10.2. The number of para-hydroxylation sites is 1. The molecule has 1 unspecified atom stereocenters. The van der Waals surface area contributed by atoms with Crippen LogP contribution in [0.5, 0.6) is 0 Å². The molecule has 0 bridgehead atoms. The monoisotopic (exact) mass is 638 g/mol. The van der Waals surface area contributed by atoms with Crippen molar-refractivity contribution in [3.05, 3.63) is 95.1 Å². The van der Waals surface area contributed by atoms with E-state index in [0.717, 1.165) is 79.8 Å². The zero-order valence-electron chi connectivity index (χ0n) is 25.7. The minimum Gasteiger partial charge on any atom is -0.338 e. The molecule has 3 aromatic carbocycles. The van der Waals surface area contributed by atoms with Gasteiger partial charge in [-0.3, -0.25) is 4.79 Å². The molecule has 1 atom stereocenters. The number of carbonyl (C=O) groups excluding carboxylic acids is 2. The molecule has 2 N–H and O–H groups in total. The number of anilines is 1. The average Bonchev–Trinajstić information content (AvgIpc) is 3.28. The van der Waals surface area contributed by atoms with Gasteiger partial charge in [0.2, 0.25) is 5.91 Å². The van der Waals surface area contributed by atoms with E-state index in [0.29, 0.717) is 11.4 Å². The number of urea groups is 1. The first kappa shape index (κ1) is 33.5. The van der Waals surface area contributed by atoms with Gasteiger partial charge in [-0.1, -0.05) is 60.7 Å². The first-order valence-corrected chi connectivity index (χ1v) is 16.9. The molecule has 2 fully saturated rings. The van der Waals surface area contributed by atoms with E-state index in [1.54, 1.807) is 24.3 Å². The van der Waals surface area contributed by atoms with Crippen molar-refractivity contribution in [1.29, 1.82) is 0 Å². The summed E-state index contributed by atoms with van der Waals surface area (Å²) in [5, 5.41) is 6.25. The molecular weight excluding hydrogens is 596 g/mol. The van der Waals surface area contributed by atoms with Gasteiger partial charge in [-0.15, -0.1) is 12.4 Å². The van der Waals surface area contributed by atoms with Gasteiger partial charge in [-0.25, -0.2) is 13.2 Å². The van der Waals surface area contributed by atoms with Gasteiger partial charge in [0.25, 0.3) is 0 Å². The standard InChI is InChI=1S/C34H42N4O4S.ClH/c1-25-8-7-9-26(2)31(25)36-33(40)35-30(28-10-5-4-6-11-28)16-20-37-21-17-34(18-22-37)19-23-38(32(34)39)24-27-12-14-29(15-13-27)43(3,41)42;/h4-15,30H,16-24H2,1-3H3,(H2,35,36,40);1H. The van der Waals surface area contributed by atoms with E-state index in [1.165, 1.54) is 6.26 Å². The van der Waals surface area contributed by atoms with Gasteiger partial charge in [0.1, 0.15) is 0 Å². The Labute approximate surface area is 267 Å². The summed E-state index contributed by atoms with van der Waals surface area (Å²) < 4.78 is 23.5. The molecule has 5 rings (SSSR count). The van der Waals surface area contributed by atoms with E-state index in [-0.39, 0.29) is 35.8 Å². The van der Waals surface area contributed by atoms with Gasteiger partial charge in [0.15, 0.2) is 9.84 Å². The van der Waals surface area contributed by atoms with Crippen LogP contribution in [0.25, 0.3) is 0 Å². The largest absolute Gasteiger partial charge is 0.338 e. The van der Waals surface area contributed by atoms with Gasteiger partial charge in [-0.2, -0.15) is 0 Å². The van der Waals surface area contributed by atoms with Crippen LogP contribution in [0.2, 0.25) is 0 Å². The fourth-order valence-corrected chi connectivity index (χ4v) is 7.04. The molecule has 10 heteroatoms. The van der Waals surface area contributed by atoms with Crippen LogP contribution < -0.4 is 10.6 Å². The predicted molar refractivity (Wildman–Crippen MR) is 177 cm³/mol. The Morgan fingerprint density at radius 2 is 1.50 bits per heavy atom.